The average molecular weight is 574 g/mol. The van der Waals surface area contributed by atoms with Crippen LogP contribution in [0, 0.1) is 11.3 Å². The summed E-state index contributed by atoms with van der Waals surface area (Å²) in [6.45, 7) is 3.08. The summed E-state index contributed by atoms with van der Waals surface area (Å²) in [7, 11) is -4.25. The molecule has 2 fully saturated rings. The largest absolute Gasteiger partial charge is 0.521 e. The van der Waals surface area contributed by atoms with Gasteiger partial charge in [0.15, 0.2) is 5.96 Å². The van der Waals surface area contributed by atoms with E-state index in [1.807, 2.05) is 12.1 Å². The quantitative estimate of drug-likeness (QED) is 0.180. The molecule has 0 spiro atoms. The van der Waals surface area contributed by atoms with Gasteiger partial charge in [0.1, 0.15) is 12.1 Å². The van der Waals surface area contributed by atoms with Gasteiger partial charge in [-0.2, -0.15) is 14.0 Å². The standard InChI is InChI=1S/C27H36N6O6S/c1-18-6-5-13-33(18,27(36)37)24(34)15-23(25(35)30-16-19-7-4-12-32(17-19)26(28)29)31-40(38,39)22-11-10-20-8-2-3-9-21(20)14-22/h2-3,8-11,14,18-19,23,31H,4-7,12-13,15-17H2,1H3,(H4-,28,29,30,35,36,37)/p+1/t18-,19?,23-,33?/m1/s1. The van der Waals surface area contributed by atoms with Crippen molar-refractivity contribution >= 4 is 44.7 Å². The van der Waals surface area contributed by atoms with E-state index < -0.39 is 50.9 Å². The Labute approximate surface area is 233 Å². The number of amides is 3. The molecule has 2 aromatic rings. The number of piperidine rings is 1. The normalized spacial score (nSPS) is 24.0. The van der Waals surface area contributed by atoms with E-state index in [-0.39, 0.29) is 29.9 Å². The van der Waals surface area contributed by atoms with Crippen molar-refractivity contribution < 1.29 is 32.4 Å². The van der Waals surface area contributed by atoms with Crippen molar-refractivity contribution in [3.8, 4) is 0 Å². The molecular weight excluding hydrogens is 536 g/mol. The molecular formula is C27H37N6O6S+. The SMILES string of the molecule is C[C@@H]1CCC[N+]1(C(=O)O)C(=O)C[C@@H](NS(=O)(=O)c1ccc2ccccc2c1)C(=O)NCC1CCCN(C(=N)N)C1. The van der Waals surface area contributed by atoms with Crippen LogP contribution < -0.4 is 15.8 Å². The molecule has 6 N–H and O–H groups in total. The Bertz CT molecular complexity index is 1420. The number of carbonyl (C=O) groups excluding carboxylic acids is 2. The van der Waals surface area contributed by atoms with Crippen molar-refractivity contribution in [3.63, 3.8) is 0 Å². The maximum absolute atomic E-state index is 13.5. The number of carbonyl (C=O) groups is 3. The van der Waals surface area contributed by atoms with Crippen LogP contribution in [-0.4, -0.2) is 85.0 Å². The molecule has 4 rings (SSSR count). The lowest BCUT2D eigenvalue weighted by Gasteiger charge is -2.33. The minimum atomic E-state index is -4.25. The molecule has 2 aliphatic rings. The molecule has 2 aromatic carbocycles. The summed E-state index contributed by atoms with van der Waals surface area (Å²) in [6.07, 6.45) is 0.719. The number of likely N-dealkylation sites (tertiary alicyclic amines) is 2. The molecule has 0 bridgehead atoms. The Kier molecular flexibility index (Phi) is 8.76. The maximum Gasteiger partial charge on any atom is 0.521 e. The Morgan fingerprint density at radius 1 is 1.15 bits per heavy atom. The summed E-state index contributed by atoms with van der Waals surface area (Å²) < 4.78 is 28.4. The molecule has 0 aliphatic carbocycles. The summed E-state index contributed by atoms with van der Waals surface area (Å²) in [6, 6.07) is 9.79. The summed E-state index contributed by atoms with van der Waals surface area (Å²) >= 11 is 0. The molecule has 0 aromatic heterocycles. The van der Waals surface area contributed by atoms with Gasteiger partial charge in [-0.1, -0.05) is 30.3 Å². The molecule has 4 atom stereocenters. The monoisotopic (exact) mass is 573 g/mol. The number of nitrogens with zero attached hydrogens (tertiary/aromatic N) is 2. The van der Waals surface area contributed by atoms with Crippen LogP contribution in [0.25, 0.3) is 10.8 Å². The highest BCUT2D eigenvalue weighted by molar-refractivity contribution is 7.89. The number of quaternary nitrogens is 1. The number of fused-ring (bicyclic) bond motifs is 1. The molecule has 13 heteroatoms. The van der Waals surface area contributed by atoms with E-state index in [1.165, 1.54) is 12.1 Å². The molecule has 2 unspecified atom stereocenters. The van der Waals surface area contributed by atoms with E-state index >= 15 is 0 Å². The fourth-order valence-electron chi connectivity index (χ4n) is 5.77. The number of hydrogen-bond donors (Lipinski definition) is 5. The van der Waals surface area contributed by atoms with Gasteiger partial charge in [-0.25, -0.2) is 13.2 Å². The minimum absolute atomic E-state index is 0.0222. The van der Waals surface area contributed by atoms with E-state index in [0.717, 1.165) is 18.2 Å². The van der Waals surface area contributed by atoms with E-state index in [2.05, 4.69) is 10.0 Å². The molecule has 2 saturated heterocycles. The molecule has 3 amide bonds. The van der Waals surface area contributed by atoms with Crippen LogP contribution in [0.4, 0.5) is 4.79 Å². The molecule has 40 heavy (non-hydrogen) atoms. The third kappa shape index (κ3) is 6.11. The predicted octanol–water partition coefficient (Wildman–Crippen LogP) is 1.80. The number of benzene rings is 2. The van der Waals surface area contributed by atoms with Gasteiger partial charge < -0.3 is 21.1 Å². The Balaban J connectivity index is 1.57. The van der Waals surface area contributed by atoms with Gasteiger partial charge >= 0.3 is 12.0 Å². The van der Waals surface area contributed by atoms with E-state index in [4.69, 9.17) is 11.1 Å². The van der Waals surface area contributed by atoms with Gasteiger partial charge in [-0.15, -0.1) is 0 Å². The van der Waals surface area contributed by atoms with Crippen LogP contribution in [0.15, 0.2) is 47.4 Å². The predicted molar refractivity (Wildman–Crippen MR) is 149 cm³/mol. The molecule has 2 heterocycles. The summed E-state index contributed by atoms with van der Waals surface area (Å²) in [5.74, 6) is -1.51. The number of nitrogens with one attached hydrogen (secondary N) is 3. The molecule has 0 radical (unpaired) electrons. The second-order valence-electron chi connectivity index (χ2n) is 10.7. The van der Waals surface area contributed by atoms with Crippen molar-refractivity contribution in [1.29, 1.82) is 5.41 Å². The van der Waals surface area contributed by atoms with Gasteiger partial charge in [0.25, 0.3) is 0 Å². The Morgan fingerprint density at radius 2 is 1.88 bits per heavy atom. The van der Waals surface area contributed by atoms with E-state index in [0.29, 0.717) is 31.3 Å². The first kappa shape index (κ1) is 29.4. The molecule has 12 nitrogen and oxygen atoms in total. The van der Waals surface area contributed by atoms with Crippen molar-refractivity contribution in [3.05, 3.63) is 42.5 Å². The zero-order valence-electron chi connectivity index (χ0n) is 22.5. The number of sulfonamides is 1. The summed E-state index contributed by atoms with van der Waals surface area (Å²) in [5, 5.41) is 22.0. The molecule has 2 aliphatic heterocycles. The lowest BCUT2D eigenvalue weighted by molar-refractivity contribution is -0.792. The summed E-state index contributed by atoms with van der Waals surface area (Å²) in [4.78, 5) is 40.8. The lowest BCUT2D eigenvalue weighted by atomic mass is 9.98. The zero-order valence-corrected chi connectivity index (χ0v) is 23.3. The highest BCUT2D eigenvalue weighted by atomic mass is 32.2. The second-order valence-corrected chi connectivity index (χ2v) is 12.4. The minimum Gasteiger partial charge on any atom is -0.435 e. The third-order valence-electron chi connectivity index (χ3n) is 8.12. The van der Waals surface area contributed by atoms with Crippen LogP contribution in [0.1, 0.15) is 39.0 Å². The van der Waals surface area contributed by atoms with Crippen LogP contribution in [-0.2, 0) is 19.6 Å². The number of imide groups is 1. The number of nitrogens with two attached hydrogens (primary N) is 1. The van der Waals surface area contributed by atoms with Gasteiger partial charge in [0.2, 0.25) is 15.9 Å². The molecule has 216 valence electrons. The van der Waals surface area contributed by atoms with Crippen LogP contribution in [0.3, 0.4) is 0 Å². The van der Waals surface area contributed by atoms with E-state index in [1.54, 1.807) is 30.0 Å². The van der Waals surface area contributed by atoms with Crippen LogP contribution in [0.5, 0.6) is 0 Å². The van der Waals surface area contributed by atoms with Gasteiger partial charge in [0, 0.05) is 32.5 Å². The fourth-order valence-corrected chi connectivity index (χ4v) is 7.00. The second kappa shape index (κ2) is 11.9. The first-order chi connectivity index (χ1) is 18.9. The zero-order chi connectivity index (χ0) is 29.1. The van der Waals surface area contributed by atoms with Gasteiger partial charge in [0.05, 0.1) is 17.9 Å². The first-order valence-electron chi connectivity index (χ1n) is 13.5. The smallest absolute Gasteiger partial charge is 0.435 e. The summed E-state index contributed by atoms with van der Waals surface area (Å²) in [5.41, 5.74) is 5.61. The van der Waals surface area contributed by atoms with Crippen LogP contribution in [0.2, 0.25) is 0 Å². The van der Waals surface area contributed by atoms with Crippen molar-refractivity contribution in [2.45, 2.75) is 56.0 Å². The number of guanidine groups is 1. The number of rotatable bonds is 8. The lowest BCUT2D eigenvalue weighted by Crippen LogP contribution is -2.61. The Hall–Kier alpha value is -3.55. The van der Waals surface area contributed by atoms with Crippen LogP contribution >= 0.6 is 0 Å². The Morgan fingerprint density at radius 3 is 2.52 bits per heavy atom. The maximum atomic E-state index is 13.5. The molecule has 0 saturated carbocycles. The highest BCUT2D eigenvalue weighted by Crippen LogP contribution is 2.29. The van der Waals surface area contributed by atoms with Gasteiger partial charge in [-0.3, -0.25) is 10.2 Å². The first-order valence-corrected chi connectivity index (χ1v) is 14.9. The highest BCUT2D eigenvalue weighted by Gasteiger charge is 2.53. The number of carboxylic acid groups (broad SMARTS) is 1. The number of hydrogen-bond acceptors (Lipinski definition) is 6. The van der Waals surface area contributed by atoms with Crippen molar-refractivity contribution in [2.24, 2.45) is 11.7 Å². The fraction of sp³-hybridized carbons (Fsp3) is 0.481. The van der Waals surface area contributed by atoms with Crippen molar-refractivity contribution in [2.75, 3.05) is 26.2 Å². The third-order valence-corrected chi connectivity index (χ3v) is 9.59. The average Bonchev–Trinajstić information content (AvgIpc) is 3.33. The van der Waals surface area contributed by atoms with Gasteiger partial charge in [-0.05, 0) is 48.6 Å². The van der Waals surface area contributed by atoms with E-state index in [9.17, 15) is 27.9 Å². The van der Waals surface area contributed by atoms with Crippen molar-refractivity contribution in [1.82, 2.24) is 14.9 Å². The topological polar surface area (TPSA) is 183 Å².